The molecule has 2 aromatic heterocycles. The average molecular weight is 485 g/mol. The lowest BCUT2D eigenvalue weighted by atomic mass is 9.91. The number of carbonyl (C=O) groups is 2. The number of nitrogens with zero attached hydrogens (tertiary/aromatic N) is 3. The van der Waals surface area contributed by atoms with Gasteiger partial charge in [0, 0.05) is 25.6 Å². The first-order valence-corrected chi connectivity index (χ1v) is 12.0. The molecule has 2 amide bonds. The number of hydrogen-bond donors (Lipinski definition) is 3. The number of aryl methyl sites for hydroxylation is 1. The molecule has 4 rings (SSSR count). The van der Waals surface area contributed by atoms with E-state index in [1.807, 2.05) is 50.5 Å². The Morgan fingerprint density at radius 1 is 1.29 bits per heavy atom. The van der Waals surface area contributed by atoms with Gasteiger partial charge in [0.2, 0.25) is 11.8 Å². The Morgan fingerprint density at radius 2 is 2.03 bits per heavy atom. The molecule has 3 atom stereocenters. The lowest BCUT2D eigenvalue weighted by molar-refractivity contribution is -0.141. The van der Waals surface area contributed by atoms with Gasteiger partial charge in [-0.15, -0.1) is 11.3 Å². The molecule has 3 N–H and O–H groups in total. The van der Waals surface area contributed by atoms with Gasteiger partial charge in [-0.1, -0.05) is 38.1 Å². The van der Waals surface area contributed by atoms with Crippen LogP contribution in [0.5, 0.6) is 5.88 Å². The summed E-state index contributed by atoms with van der Waals surface area (Å²) in [6.45, 7) is 6.03. The highest BCUT2D eigenvalue weighted by Gasteiger charge is 2.43. The maximum absolute atomic E-state index is 13.4. The maximum atomic E-state index is 13.4. The lowest BCUT2D eigenvalue weighted by Crippen LogP contribution is -2.48. The Labute approximate surface area is 201 Å². The number of hydrogen-bond acceptors (Lipinski definition) is 8. The largest absolute Gasteiger partial charge is 0.491 e. The topological polar surface area (TPSA) is 129 Å². The van der Waals surface area contributed by atoms with Crippen molar-refractivity contribution >= 4 is 23.2 Å². The minimum atomic E-state index is -0.794. The SMILES string of the molecule is Cc1ncsc1-c1ccc(CNC(=O)C2CC(O)CN2C(=O)C(c2cc(O)no2)C(C)C)cc1. The van der Waals surface area contributed by atoms with Gasteiger partial charge >= 0.3 is 0 Å². The predicted molar refractivity (Wildman–Crippen MR) is 126 cm³/mol. The first-order valence-electron chi connectivity index (χ1n) is 11.2. The van der Waals surface area contributed by atoms with Gasteiger partial charge in [0.1, 0.15) is 12.0 Å². The Hall–Kier alpha value is -3.24. The van der Waals surface area contributed by atoms with Crippen LogP contribution < -0.4 is 5.32 Å². The van der Waals surface area contributed by atoms with Crippen LogP contribution in [-0.4, -0.2) is 55.8 Å². The van der Waals surface area contributed by atoms with Crippen LogP contribution in [0.25, 0.3) is 10.4 Å². The van der Waals surface area contributed by atoms with Crippen molar-refractivity contribution in [2.45, 2.75) is 51.8 Å². The third-order valence-corrected chi connectivity index (χ3v) is 7.03. The van der Waals surface area contributed by atoms with Gasteiger partial charge in [-0.2, -0.15) is 0 Å². The summed E-state index contributed by atoms with van der Waals surface area (Å²) in [4.78, 5) is 33.2. The molecule has 3 aromatic rings. The van der Waals surface area contributed by atoms with Crippen LogP contribution in [-0.2, 0) is 16.1 Å². The van der Waals surface area contributed by atoms with Crippen LogP contribution in [0.15, 0.2) is 40.4 Å². The molecule has 3 unspecified atom stereocenters. The number of aromatic nitrogens is 2. The van der Waals surface area contributed by atoms with E-state index < -0.39 is 18.1 Å². The number of amides is 2. The van der Waals surface area contributed by atoms with Crippen molar-refractivity contribution in [1.29, 1.82) is 0 Å². The summed E-state index contributed by atoms with van der Waals surface area (Å²) in [5, 5.41) is 26.1. The zero-order valence-electron chi connectivity index (χ0n) is 19.3. The van der Waals surface area contributed by atoms with E-state index in [1.165, 1.54) is 11.0 Å². The van der Waals surface area contributed by atoms with Crippen molar-refractivity contribution in [1.82, 2.24) is 20.4 Å². The lowest BCUT2D eigenvalue weighted by Gasteiger charge is -2.28. The number of carbonyl (C=O) groups excluding carboxylic acids is 2. The van der Waals surface area contributed by atoms with E-state index in [0.717, 1.165) is 21.7 Å². The van der Waals surface area contributed by atoms with E-state index in [9.17, 15) is 19.8 Å². The summed E-state index contributed by atoms with van der Waals surface area (Å²) in [5.74, 6) is -1.63. The molecule has 0 radical (unpaired) electrons. The molecular weight excluding hydrogens is 456 g/mol. The van der Waals surface area contributed by atoms with Gasteiger partial charge in [0.05, 0.1) is 22.2 Å². The monoisotopic (exact) mass is 484 g/mol. The molecule has 0 aliphatic carbocycles. The molecule has 3 heterocycles. The van der Waals surface area contributed by atoms with Gasteiger partial charge in [-0.05, 0) is 29.1 Å². The number of aromatic hydroxyl groups is 1. The molecule has 1 saturated heterocycles. The molecule has 9 nitrogen and oxygen atoms in total. The third-order valence-electron chi connectivity index (χ3n) is 6.05. The second kappa shape index (κ2) is 9.94. The normalized spacial score (nSPS) is 18.9. The minimum absolute atomic E-state index is 0.0587. The molecular formula is C24H28N4O5S. The summed E-state index contributed by atoms with van der Waals surface area (Å²) >= 11 is 1.58. The highest BCUT2D eigenvalue weighted by Crippen LogP contribution is 2.32. The average Bonchev–Trinajstić information content (AvgIpc) is 3.52. The summed E-state index contributed by atoms with van der Waals surface area (Å²) in [6, 6.07) is 8.41. The number of aliphatic hydroxyl groups is 1. The number of β-amino-alcohol motifs (C(OH)–C–C–N with tert-alkyl or cyclic N) is 1. The van der Waals surface area contributed by atoms with Crippen molar-refractivity contribution in [2.24, 2.45) is 5.92 Å². The van der Waals surface area contributed by atoms with Crippen LogP contribution in [0.2, 0.25) is 0 Å². The van der Waals surface area contributed by atoms with Crippen LogP contribution in [0.3, 0.4) is 0 Å². The van der Waals surface area contributed by atoms with Gasteiger partial charge in [0.15, 0.2) is 5.76 Å². The number of rotatable bonds is 7. The highest BCUT2D eigenvalue weighted by atomic mass is 32.1. The van der Waals surface area contributed by atoms with E-state index in [-0.39, 0.29) is 42.3 Å². The van der Waals surface area contributed by atoms with E-state index in [4.69, 9.17) is 4.52 Å². The van der Waals surface area contributed by atoms with Gasteiger partial charge in [0.25, 0.3) is 5.88 Å². The fraction of sp³-hybridized carbons (Fsp3) is 0.417. The van der Waals surface area contributed by atoms with Crippen molar-refractivity contribution in [3.05, 3.63) is 52.9 Å². The van der Waals surface area contributed by atoms with E-state index in [1.54, 1.807) is 11.3 Å². The van der Waals surface area contributed by atoms with E-state index in [0.29, 0.717) is 6.54 Å². The Balaban J connectivity index is 1.43. The van der Waals surface area contributed by atoms with Gasteiger partial charge in [-0.3, -0.25) is 9.59 Å². The second-order valence-electron chi connectivity index (χ2n) is 8.89. The number of likely N-dealkylation sites (tertiary alicyclic amines) is 1. The van der Waals surface area contributed by atoms with Gasteiger partial charge < -0.3 is 25.0 Å². The molecule has 0 saturated carbocycles. The summed E-state index contributed by atoms with van der Waals surface area (Å²) < 4.78 is 5.13. The molecule has 0 spiro atoms. The second-order valence-corrected chi connectivity index (χ2v) is 9.74. The van der Waals surface area contributed by atoms with Crippen LogP contribution >= 0.6 is 11.3 Å². The van der Waals surface area contributed by atoms with Crippen LogP contribution in [0.1, 0.15) is 43.2 Å². The van der Waals surface area contributed by atoms with Crippen molar-refractivity contribution in [2.75, 3.05) is 6.54 Å². The summed E-state index contributed by atoms with van der Waals surface area (Å²) in [7, 11) is 0. The van der Waals surface area contributed by atoms with Crippen LogP contribution in [0, 0.1) is 12.8 Å². The zero-order chi connectivity index (χ0) is 24.4. The third kappa shape index (κ3) is 4.97. The fourth-order valence-corrected chi connectivity index (χ4v) is 5.12. The number of aliphatic hydroxyl groups excluding tert-OH is 1. The zero-order valence-corrected chi connectivity index (χ0v) is 20.1. The van der Waals surface area contributed by atoms with Crippen LogP contribution in [0.4, 0.5) is 0 Å². The number of benzene rings is 1. The first-order chi connectivity index (χ1) is 16.2. The fourth-order valence-electron chi connectivity index (χ4n) is 4.31. The Bertz CT molecular complexity index is 1160. The van der Waals surface area contributed by atoms with E-state index in [2.05, 4.69) is 15.5 Å². The standard InChI is InChI=1S/C24H28N4O5S/c1-13(2)21(19-9-20(30)27-33-19)24(32)28-11-17(29)8-18(28)23(31)25-10-15-4-6-16(7-5-15)22-14(3)26-12-34-22/h4-7,9,12-13,17-18,21,29H,8,10-11H2,1-3H3,(H,25,31)(H,27,30). The molecule has 1 aliphatic rings. The molecule has 1 fully saturated rings. The number of nitrogens with one attached hydrogen (secondary N) is 1. The van der Waals surface area contributed by atoms with Crippen molar-refractivity contribution in [3.63, 3.8) is 0 Å². The first kappa shape index (κ1) is 23.9. The van der Waals surface area contributed by atoms with Gasteiger partial charge in [-0.25, -0.2) is 4.98 Å². The molecule has 0 bridgehead atoms. The molecule has 1 aliphatic heterocycles. The minimum Gasteiger partial charge on any atom is -0.491 e. The van der Waals surface area contributed by atoms with Crippen molar-refractivity contribution in [3.8, 4) is 16.3 Å². The Kier molecular flexibility index (Phi) is 6.99. The van der Waals surface area contributed by atoms with E-state index >= 15 is 0 Å². The summed E-state index contributed by atoms with van der Waals surface area (Å²) in [6.07, 6.45) is -0.634. The maximum Gasteiger partial charge on any atom is 0.251 e. The quantitative estimate of drug-likeness (QED) is 0.470. The molecule has 1 aromatic carbocycles. The van der Waals surface area contributed by atoms with Crippen molar-refractivity contribution < 1.29 is 24.3 Å². The highest BCUT2D eigenvalue weighted by molar-refractivity contribution is 7.13. The molecule has 34 heavy (non-hydrogen) atoms. The molecule has 180 valence electrons. The summed E-state index contributed by atoms with van der Waals surface area (Å²) in [5.41, 5.74) is 4.80. The molecule has 10 heteroatoms. The smallest absolute Gasteiger partial charge is 0.251 e. The Morgan fingerprint density at radius 3 is 2.62 bits per heavy atom. The number of thiazole rings is 1. The predicted octanol–water partition coefficient (Wildman–Crippen LogP) is 2.83.